The van der Waals surface area contributed by atoms with E-state index in [0.29, 0.717) is 5.02 Å². The molecule has 0 N–H and O–H groups in total. The van der Waals surface area contributed by atoms with Crippen LogP contribution < -0.4 is 4.74 Å². The van der Waals surface area contributed by atoms with E-state index in [1.807, 2.05) is 47.4 Å². The second kappa shape index (κ2) is 9.15. The van der Waals surface area contributed by atoms with Crippen LogP contribution in [-0.2, 0) is 4.79 Å². The first-order valence-corrected chi connectivity index (χ1v) is 9.94. The van der Waals surface area contributed by atoms with Gasteiger partial charge in [-0.1, -0.05) is 41.6 Å². The molecule has 2 aromatic rings. The number of halogens is 1. The first kappa shape index (κ1) is 18.9. The number of likely N-dealkylation sites (tertiary alicyclic amines) is 1. The molecule has 0 spiro atoms. The summed E-state index contributed by atoms with van der Waals surface area (Å²) in [5.74, 6) is 0.901. The average molecular weight is 388 g/mol. The maximum absolute atomic E-state index is 12.2. The molecule has 1 heterocycles. The van der Waals surface area contributed by atoms with E-state index in [9.17, 15) is 4.79 Å². The van der Waals surface area contributed by atoms with Crippen LogP contribution in [0.1, 0.15) is 24.8 Å². The summed E-state index contributed by atoms with van der Waals surface area (Å²) in [5.41, 5.74) is 0.849. The lowest BCUT2D eigenvalue weighted by atomic mass is 10.1. The number of nitrogens with zero attached hydrogens (tertiary/aromatic N) is 1. The number of para-hydroxylation sites is 1. The van der Waals surface area contributed by atoms with Crippen LogP contribution in [0.3, 0.4) is 0 Å². The van der Waals surface area contributed by atoms with Gasteiger partial charge in [-0.25, -0.2) is 0 Å². The molecule has 1 fully saturated rings. The lowest BCUT2D eigenvalue weighted by Crippen LogP contribution is -2.34. The minimum Gasteiger partial charge on any atom is -0.496 e. The molecule has 0 saturated carbocycles. The first-order chi connectivity index (χ1) is 12.7. The number of carbonyl (C=O) groups is 1. The summed E-state index contributed by atoms with van der Waals surface area (Å²) >= 11 is 8.02. The minimum atomic E-state index is 0.0632. The molecule has 5 heteroatoms. The molecule has 3 nitrogen and oxygen atoms in total. The van der Waals surface area contributed by atoms with Gasteiger partial charge in [-0.3, -0.25) is 4.79 Å². The number of rotatable bonds is 5. The Balaban J connectivity index is 1.69. The van der Waals surface area contributed by atoms with Crippen LogP contribution in [0.15, 0.2) is 58.3 Å². The molecule has 2 aromatic carbocycles. The molecule has 0 radical (unpaired) electrons. The van der Waals surface area contributed by atoms with Gasteiger partial charge in [-0.2, -0.15) is 0 Å². The van der Waals surface area contributed by atoms with Gasteiger partial charge in [-0.15, -0.1) is 0 Å². The molecule has 1 amide bonds. The third kappa shape index (κ3) is 4.83. The summed E-state index contributed by atoms with van der Waals surface area (Å²) in [4.78, 5) is 16.2. The van der Waals surface area contributed by atoms with Crippen LogP contribution in [0, 0.1) is 0 Å². The Hall–Kier alpha value is -1.91. The highest BCUT2D eigenvalue weighted by atomic mass is 35.5. The molecule has 1 aliphatic rings. The van der Waals surface area contributed by atoms with Crippen LogP contribution >= 0.6 is 23.4 Å². The summed E-state index contributed by atoms with van der Waals surface area (Å²) in [6.45, 7) is 1.71. The Bertz CT molecular complexity index is 800. The predicted molar refractivity (Wildman–Crippen MR) is 108 cm³/mol. The Kier molecular flexibility index (Phi) is 6.64. The van der Waals surface area contributed by atoms with Crippen LogP contribution in [0.4, 0.5) is 0 Å². The lowest BCUT2D eigenvalue weighted by Gasteiger charge is -2.25. The van der Waals surface area contributed by atoms with Crippen molar-refractivity contribution >= 4 is 35.3 Å². The van der Waals surface area contributed by atoms with Crippen molar-refractivity contribution in [1.29, 1.82) is 0 Å². The highest BCUT2D eigenvalue weighted by Gasteiger charge is 2.14. The summed E-state index contributed by atoms with van der Waals surface area (Å²) < 4.78 is 5.39. The monoisotopic (exact) mass is 387 g/mol. The van der Waals surface area contributed by atoms with E-state index in [-0.39, 0.29) is 5.91 Å². The van der Waals surface area contributed by atoms with Gasteiger partial charge in [0.15, 0.2) is 0 Å². The molecule has 0 aromatic heterocycles. The van der Waals surface area contributed by atoms with Gasteiger partial charge in [0.1, 0.15) is 5.75 Å². The van der Waals surface area contributed by atoms with E-state index >= 15 is 0 Å². The normalized spacial score (nSPS) is 14.6. The third-order valence-electron chi connectivity index (χ3n) is 4.34. The number of amides is 1. The largest absolute Gasteiger partial charge is 0.496 e. The standard InChI is InChI=1S/C21H22ClNO2S/c1-25-19-7-3-4-8-20(19)26-17-11-9-16(18(22)15-17)10-12-21(24)23-13-5-2-6-14-23/h3-4,7-12,15H,2,5-6,13-14H2,1H3. The number of hydrogen-bond donors (Lipinski definition) is 0. The maximum Gasteiger partial charge on any atom is 0.246 e. The second-order valence-electron chi connectivity index (χ2n) is 6.16. The third-order valence-corrected chi connectivity index (χ3v) is 5.72. The highest BCUT2D eigenvalue weighted by molar-refractivity contribution is 7.99. The molecule has 0 atom stereocenters. The number of piperidine rings is 1. The highest BCUT2D eigenvalue weighted by Crippen LogP contribution is 2.36. The Morgan fingerprint density at radius 3 is 2.65 bits per heavy atom. The topological polar surface area (TPSA) is 29.5 Å². The number of methoxy groups -OCH3 is 1. The maximum atomic E-state index is 12.2. The number of carbonyl (C=O) groups excluding carboxylic acids is 1. The van der Waals surface area contributed by atoms with Crippen molar-refractivity contribution in [2.75, 3.05) is 20.2 Å². The molecule has 0 bridgehead atoms. The van der Waals surface area contributed by atoms with Gasteiger partial charge in [0.05, 0.1) is 12.0 Å². The van der Waals surface area contributed by atoms with Gasteiger partial charge in [-0.05, 0) is 55.2 Å². The Morgan fingerprint density at radius 1 is 1.15 bits per heavy atom. The van der Waals surface area contributed by atoms with E-state index < -0.39 is 0 Å². The smallest absolute Gasteiger partial charge is 0.246 e. The molecular weight excluding hydrogens is 366 g/mol. The SMILES string of the molecule is COc1ccccc1Sc1ccc(C=CC(=O)N2CCCCC2)c(Cl)c1. The fourth-order valence-electron chi connectivity index (χ4n) is 2.92. The van der Waals surface area contributed by atoms with Crippen molar-refractivity contribution in [2.45, 2.75) is 29.1 Å². The van der Waals surface area contributed by atoms with Crippen LogP contribution in [0.2, 0.25) is 5.02 Å². The van der Waals surface area contributed by atoms with Gasteiger partial charge >= 0.3 is 0 Å². The molecule has 3 rings (SSSR count). The zero-order chi connectivity index (χ0) is 18.4. The van der Waals surface area contributed by atoms with Crippen LogP contribution in [0.5, 0.6) is 5.75 Å². The van der Waals surface area contributed by atoms with Gasteiger partial charge in [0.2, 0.25) is 5.91 Å². The van der Waals surface area contributed by atoms with Crippen LogP contribution in [-0.4, -0.2) is 31.0 Å². The molecule has 136 valence electrons. The Morgan fingerprint density at radius 2 is 1.92 bits per heavy atom. The summed E-state index contributed by atoms with van der Waals surface area (Å²) in [6, 6.07) is 13.8. The minimum absolute atomic E-state index is 0.0632. The van der Waals surface area contributed by atoms with Gasteiger partial charge in [0, 0.05) is 29.1 Å². The van der Waals surface area contributed by atoms with Gasteiger partial charge in [0.25, 0.3) is 0 Å². The fourth-order valence-corrected chi connectivity index (χ4v) is 4.19. The number of benzene rings is 2. The molecule has 0 unspecified atom stereocenters. The molecule has 1 aliphatic heterocycles. The van der Waals surface area contributed by atoms with E-state index in [1.165, 1.54) is 6.42 Å². The molecular formula is C21H22ClNO2S. The number of ether oxygens (including phenoxy) is 1. The average Bonchev–Trinajstić information content (AvgIpc) is 2.68. The predicted octanol–water partition coefficient (Wildman–Crippen LogP) is 5.53. The van der Waals surface area contributed by atoms with Crippen molar-refractivity contribution in [3.63, 3.8) is 0 Å². The van der Waals surface area contributed by atoms with Crippen molar-refractivity contribution in [2.24, 2.45) is 0 Å². The van der Waals surface area contributed by atoms with Crippen molar-refractivity contribution in [3.05, 3.63) is 59.1 Å². The van der Waals surface area contributed by atoms with E-state index in [2.05, 4.69) is 0 Å². The van der Waals surface area contributed by atoms with Crippen molar-refractivity contribution < 1.29 is 9.53 Å². The fraction of sp³-hybridized carbons (Fsp3) is 0.286. The Labute approximate surface area is 164 Å². The van der Waals surface area contributed by atoms with E-state index in [4.69, 9.17) is 16.3 Å². The zero-order valence-corrected chi connectivity index (χ0v) is 16.4. The van der Waals surface area contributed by atoms with Crippen LogP contribution in [0.25, 0.3) is 6.08 Å². The number of hydrogen-bond acceptors (Lipinski definition) is 3. The van der Waals surface area contributed by atoms with Crippen molar-refractivity contribution in [3.8, 4) is 5.75 Å². The lowest BCUT2D eigenvalue weighted by molar-refractivity contribution is -0.126. The van der Waals surface area contributed by atoms with E-state index in [0.717, 1.165) is 47.0 Å². The van der Waals surface area contributed by atoms with Gasteiger partial charge < -0.3 is 9.64 Å². The molecule has 0 aliphatic carbocycles. The summed E-state index contributed by atoms with van der Waals surface area (Å²) in [5, 5.41) is 0.632. The van der Waals surface area contributed by atoms with Crippen molar-refractivity contribution in [1.82, 2.24) is 4.90 Å². The quantitative estimate of drug-likeness (QED) is 0.632. The molecule has 1 saturated heterocycles. The summed E-state index contributed by atoms with van der Waals surface area (Å²) in [7, 11) is 1.67. The zero-order valence-electron chi connectivity index (χ0n) is 14.8. The first-order valence-electron chi connectivity index (χ1n) is 8.75. The van der Waals surface area contributed by atoms with E-state index in [1.54, 1.807) is 31.0 Å². The summed E-state index contributed by atoms with van der Waals surface area (Å²) in [6.07, 6.45) is 6.82. The molecule has 26 heavy (non-hydrogen) atoms. The second-order valence-corrected chi connectivity index (χ2v) is 7.68.